The average Bonchev–Trinajstić information content (AvgIpc) is 2.72. The summed E-state index contributed by atoms with van der Waals surface area (Å²) in [5.41, 5.74) is 2.99. The number of hydrogen-bond donors (Lipinski definition) is 1. The summed E-state index contributed by atoms with van der Waals surface area (Å²) in [5, 5.41) is 1.52. The molecular weight excluding hydrogens is 384 g/mol. The molecule has 0 bridgehead atoms. The Kier molecular flexibility index (Phi) is 5.72. The summed E-state index contributed by atoms with van der Waals surface area (Å²) in [6.45, 7) is 2.33. The van der Waals surface area contributed by atoms with Crippen molar-refractivity contribution in [1.82, 2.24) is 9.88 Å². The van der Waals surface area contributed by atoms with E-state index in [2.05, 4.69) is 11.1 Å². The molecule has 150 valence electrons. The molecule has 1 aliphatic carbocycles. The lowest BCUT2D eigenvalue weighted by Gasteiger charge is -2.34. The van der Waals surface area contributed by atoms with Crippen molar-refractivity contribution >= 4 is 28.4 Å². The minimum atomic E-state index is -0.138. The number of amides is 1. The summed E-state index contributed by atoms with van der Waals surface area (Å²) in [6.07, 6.45) is 5.36. The topological polar surface area (TPSA) is 53.2 Å². The average molecular weight is 409 g/mol. The van der Waals surface area contributed by atoms with Gasteiger partial charge < -0.3 is 9.88 Å². The molecule has 0 saturated heterocycles. The van der Waals surface area contributed by atoms with Gasteiger partial charge in [0.1, 0.15) is 0 Å². The minimum absolute atomic E-state index is 0.0665. The zero-order valence-corrected chi connectivity index (χ0v) is 17.3. The molecule has 3 aromatic rings. The van der Waals surface area contributed by atoms with Crippen LogP contribution < -0.4 is 5.56 Å². The molecule has 4 nitrogen and oxygen atoms in total. The van der Waals surface area contributed by atoms with Crippen LogP contribution in [0.1, 0.15) is 53.6 Å². The lowest BCUT2D eigenvalue weighted by molar-refractivity contribution is 0.0613. The van der Waals surface area contributed by atoms with Crippen molar-refractivity contribution in [1.29, 1.82) is 0 Å². The Labute approximate surface area is 175 Å². The molecule has 1 aromatic heterocycles. The van der Waals surface area contributed by atoms with Gasteiger partial charge >= 0.3 is 0 Å². The first-order valence-corrected chi connectivity index (χ1v) is 10.6. The maximum atomic E-state index is 13.4. The van der Waals surface area contributed by atoms with Crippen LogP contribution in [0, 0.1) is 6.92 Å². The number of fused-ring (bicyclic) bond motifs is 1. The number of carbonyl (C=O) groups excluding carboxylic acids is 1. The molecule has 0 unspecified atom stereocenters. The molecule has 1 aliphatic rings. The number of halogens is 1. The van der Waals surface area contributed by atoms with Crippen LogP contribution in [0.5, 0.6) is 0 Å². The van der Waals surface area contributed by atoms with Crippen molar-refractivity contribution in [2.24, 2.45) is 0 Å². The van der Waals surface area contributed by atoms with Crippen molar-refractivity contribution in [2.75, 3.05) is 0 Å². The number of aromatic amines is 1. The summed E-state index contributed by atoms with van der Waals surface area (Å²) >= 11 is 6.12. The number of aromatic nitrogens is 1. The standard InChI is InChI=1S/C24H25ClN2O2/c1-16-10-11-22-18(12-16)13-19(23(28)26-22)15-27(21-8-3-2-4-9-21)24(29)17-6-5-7-20(25)14-17/h5-7,10-14,21H,2-4,8-9,15H2,1H3,(H,26,28). The number of benzene rings is 2. The van der Waals surface area contributed by atoms with Crippen molar-refractivity contribution in [2.45, 2.75) is 51.6 Å². The molecule has 0 aliphatic heterocycles. The molecule has 4 rings (SSSR count). The molecule has 1 fully saturated rings. The quantitative estimate of drug-likeness (QED) is 0.622. The molecule has 0 radical (unpaired) electrons. The number of pyridine rings is 1. The SMILES string of the molecule is Cc1ccc2[nH]c(=O)c(CN(C(=O)c3cccc(Cl)c3)C3CCCCC3)cc2c1. The Bertz CT molecular complexity index is 1100. The Balaban J connectivity index is 1.71. The van der Waals surface area contributed by atoms with Crippen molar-refractivity contribution in [3.63, 3.8) is 0 Å². The van der Waals surface area contributed by atoms with Crippen LogP contribution in [0.3, 0.4) is 0 Å². The highest BCUT2D eigenvalue weighted by Crippen LogP contribution is 2.26. The van der Waals surface area contributed by atoms with Gasteiger partial charge in [0.2, 0.25) is 0 Å². The van der Waals surface area contributed by atoms with Gasteiger partial charge in [0, 0.05) is 27.7 Å². The Hall–Kier alpha value is -2.59. The van der Waals surface area contributed by atoms with Gasteiger partial charge in [-0.2, -0.15) is 0 Å². The smallest absolute Gasteiger partial charge is 0.254 e. The van der Waals surface area contributed by atoms with E-state index in [0.29, 0.717) is 22.7 Å². The van der Waals surface area contributed by atoms with Crippen LogP contribution in [-0.2, 0) is 6.54 Å². The van der Waals surface area contributed by atoms with Crippen molar-refractivity contribution in [3.05, 3.63) is 80.6 Å². The fourth-order valence-corrected chi connectivity index (χ4v) is 4.41. The monoisotopic (exact) mass is 408 g/mol. The summed E-state index contributed by atoms with van der Waals surface area (Å²) in [5.74, 6) is -0.0665. The number of aryl methyl sites for hydroxylation is 1. The van der Waals surface area contributed by atoms with Crippen LogP contribution in [0.15, 0.2) is 53.3 Å². The third kappa shape index (κ3) is 4.38. The van der Waals surface area contributed by atoms with Gasteiger partial charge in [-0.1, -0.05) is 48.6 Å². The number of H-pyrrole nitrogens is 1. The zero-order chi connectivity index (χ0) is 20.4. The predicted octanol–water partition coefficient (Wildman–Crippen LogP) is 5.47. The summed E-state index contributed by atoms with van der Waals surface area (Å²) in [4.78, 5) is 31.0. The van der Waals surface area contributed by atoms with Crippen molar-refractivity contribution in [3.8, 4) is 0 Å². The van der Waals surface area contributed by atoms with Gasteiger partial charge in [0.25, 0.3) is 11.5 Å². The first-order valence-electron chi connectivity index (χ1n) is 10.2. The number of carbonyl (C=O) groups is 1. The highest BCUT2D eigenvalue weighted by Gasteiger charge is 2.27. The normalized spacial score (nSPS) is 14.8. The zero-order valence-electron chi connectivity index (χ0n) is 16.6. The second-order valence-electron chi connectivity index (χ2n) is 7.95. The fraction of sp³-hybridized carbons (Fsp3) is 0.333. The number of nitrogens with one attached hydrogen (secondary N) is 1. The second kappa shape index (κ2) is 8.42. The van der Waals surface area contributed by atoms with E-state index >= 15 is 0 Å². The minimum Gasteiger partial charge on any atom is -0.331 e. The molecule has 1 amide bonds. The molecule has 0 spiro atoms. The molecule has 29 heavy (non-hydrogen) atoms. The third-order valence-electron chi connectivity index (χ3n) is 5.77. The maximum Gasteiger partial charge on any atom is 0.254 e. The lowest BCUT2D eigenvalue weighted by atomic mass is 9.93. The Morgan fingerprint density at radius 2 is 1.90 bits per heavy atom. The van der Waals surface area contributed by atoms with Gasteiger partial charge in [-0.25, -0.2) is 0 Å². The Morgan fingerprint density at radius 3 is 2.66 bits per heavy atom. The van der Waals surface area contributed by atoms with E-state index in [1.165, 1.54) is 6.42 Å². The van der Waals surface area contributed by atoms with E-state index in [9.17, 15) is 9.59 Å². The first-order chi connectivity index (χ1) is 14.0. The molecule has 5 heteroatoms. The molecular formula is C24H25ClN2O2. The second-order valence-corrected chi connectivity index (χ2v) is 8.39. The highest BCUT2D eigenvalue weighted by molar-refractivity contribution is 6.30. The lowest BCUT2D eigenvalue weighted by Crippen LogP contribution is -2.42. The molecule has 1 N–H and O–H groups in total. The maximum absolute atomic E-state index is 13.4. The van der Waals surface area contributed by atoms with Crippen LogP contribution in [0.25, 0.3) is 10.9 Å². The number of hydrogen-bond acceptors (Lipinski definition) is 2. The molecule has 0 atom stereocenters. The van der Waals surface area contributed by atoms with E-state index in [0.717, 1.165) is 42.1 Å². The Morgan fingerprint density at radius 1 is 1.10 bits per heavy atom. The predicted molar refractivity (Wildman–Crippen MR) is 118 cm³/mol. The van der Waals surface area contributed by atoms with Gasteiger partial charge in [-0.05, 0) is 61.5 Å². The van der Waals surface area contributed by atoms with E-state index < -0.39 is 0 Å². The molecule has 2 aromatic carbocycles. The van der Waals surface area contributed by atoms with Crippen LogP contribution in [0.4, 0.5) is 0 Å². The summed E-state index contributed by atoms with van der Waals surface area (Å²) in [7, 11) is 0. The fourth-order valence-electron chi connectivity index (χ4n) is 4.22. The van der Waals surface area contributed by atoms with Crippen LogP contribution in [-0.4, -0.2) is 21.8 Å². The van der Waals surface area contributed by atoms with Gasteiger partial charge in [0.15, 0.2) is 0 Å². The van der Waals surface area contributed by atoms with E-state index in [1.807, 2.05) is 30.0 Å². The summed E-state index contributed by atoms with van der Waals surface area (Å²) < 4.78 is 0. The van der Waals surface area contributed by atoms with Crippen LogP contribution in [0.2, 0.25) is 5.02 Å². The number of nitrogens with zero attached hydrogens (tertiary/aromatic N) is 1. The number of rotatable bonds is 4. The van der Waals surface area contributed by atoms with Gasteiger partial charge in [-0.15, -0.1) is 0 Å². The third-order valence-corrected chi connectivity index (χ3v) is 6.00. The van der Waals surface area contributed by atoms with E-state index in [1.54, 1.807) is 24.3 Å². The van der Waals surface area contributed by atoms with Gasteiger partial charge in [-0.3, -0.25) is 9.59 Å². The van der Waals surface area contributed by atoms with Gasteiger partial charge in [0.05, 0.1) is 6.54 Å². The van der Waals surface area contributed by atoms with E-state index in [-0.39, 0.29) is 17.5 Å². The van der Waals surface area contributed by atoms with Crippen molar-refractivity contribution < 1.29 is 4.79 Å². The molecule has 1 saturated carbocycles. The highest BCUT2D eigenvalue weighted by atomic mass is 35.5. The summed E-state index contributed by atoms with van der Waals surface area (Å²) in [6, 6.07) is 15.1. The largest absolute Gasteiger partial charge is 0.331 e. The molecule has 1 heterocycles. The first kappa shape index (κ1) is 19.7. The van der Waals surface area contributed by atoms with Crippen LogP contribution >= 0.6 is 11.6 Å². The van der Waals surface area contributed by atoms with E-state index in [4.69, 9.17) is 11.6 Å².